The van der Waals surface area contributed by atoms with Crippen LogP contribution in [0.1, 0.15) is 70.3 Å². The first-order chi connectivity index (χ1) is 30.9. The molecule has 302 valence electrons. The summed E-state index contributed by atoms with van der Waals surface area (Å²) < 4.78 is 13.3. The van der Waals surface area contributed by atoms with Crippen molar-refractivity contribution < 1.29 is 8.83 Å². The standard InChI is InChI=1S/C58H43N3O2/c1-58(2)49-26-8-6-20-43(49)44-29-28-39(34-50(44)58)42-22-13-25-48-47-24-11-18-40(56(47)63-57(42)48)31-37-16-10-17-38(30-37)33-53-59-52(32-36-14-4-3-5-15-36)60-54(61-53)35-41-19-12-23-46-45-21-7-9-27-51(45)62-55(41)46/h3-30,34H,31-33,35H2,1-2H3. The maximum atomic E-state index is 6.93. The highest BCUT2D eigenvalue weighted by atomic mass is 16.3. The van der Waals surface area contributed by atoms with E-state index in [1.807, 2.05) is 18.2 Å². The molecule has 0 amide bonds. The molecule has 0 spiro atoms. The molecule has 0 aliphatic heterocycles. The SMILES string of the molecule is CC1(C)c2ccccc2-c2ccc(-c3cccc4c3oc3c(Cc5cccc(Cc6nc(Cc7ccccc7)nc(Cc7cccc8c7oc7ccccc78)n6)c5)cccc34)cc21. The minimum Gasteiger partial charge on any atom is -0.456 e. The number of furan rings is 2. The second-order valence-corrected chi connectivity index (χ2v) is 17.5. The third-order valence-corrected chi connectivity index (χ3v) is 13.1. The maximum absolute atomic E-state index is 6.93. The fraction of sp³-hybridized carbons (Fsp3) is 0.121. The molecule has 0 atom stereocenters. The summed E-state index contributed by atoms with van der Waals surface area (Å²) >= 11 is 0. The van der Waals surface area contributed by atoms with Gasteiger partial charge in [-0.15, -0.1) is 0 Å². The van der Waals surface area contributed by atoms with E-state index in [-0.39, 0.29) is 5.41 Å². The first-order valence-electron chi connectivity index (χ1n) is 21.8. The molecule has 8 aromatic carbocycles. The minimum atomic E-state index is -0.0763. The highest BCUT2D eigenvalue weighted by molar-refractivity contribution is 6.10. The van der Waals surface area contributed by atoms with Crippen LogP contribution in [0.3, 0.4) is 0 Å². The smallest absolute Gasteiger partial charge is 0.143 e. The van der Waals surface area contributed by atoms with E-state index in [0.717, 1.165) is 95.6 Å². The second kappa shape index (κ2) is 14.8. The average molecular weight is 814 g/mol. The molecule has 0 unspecified atom stereocenters. The Morgan fingerprint density at radius 1 is 0.381 bits per heavy atom. The number of hydrogen-bond donors (Lipinski definition) is 0. The summed E-state index contributed by atoms with van der Waals surface area (Å²) in [5, 5.41) is 4.49. The van der Waals surface area contributed by atoms with Gasteiger partial charge in [0.05, 0.1) is 0 Å². The monoisotopic (exact) mass is 813 g/mol. The quantitative estimate of drug-likeness (QED) is 0.145. The zero-order chi connectivity index (χ0) is 42.1. The minimum absolute atomic E-state index is 0.0763. The Balaban J connectivity index is 0.861. The van der Waals surface area contributed by atoms with Crippen LogP contribution in [0.2, 0.25) is 0 Å². The van der Waals surface area contributed by atoms with Crippen LogP contribution in [0.15, 0.2) is 185 Å². The van der Waals surface area contributed by atoms with Gasteiger partial charge < -0.3 is 8.83 Å². The molecule has 63 heavy (non-hydrogen) atoms. The molecule has 1 aliphatic carbocycles. The molecule has 5 nitrogen and oxygen atoms in total. The lowest BCUT2D eigenvalue weighted by Gasteiger charge is -2.22. The molecule has 11 aromatic rings. The molecule has 0 N–H and O–H groups in total. The van der Waals surface area contributed by atoms with E-state index in [4.69, 9.17) is 23.8 Å². The summed E-state index contributed by atoms with van der Waals surface area (Å²) in [6, 6.07) is 62.6. The molecule has 12 rings (SSSR count). The van der Waals surface area contributed by atoms with Crippen molar-refractivity contribution in [2.45, 2.75) is 44.9 Å². The Kier molecular flexibility index (Phi) is 8.72. The van der Waals surface area contributed by atoms with Gasteiger partial charge in [-0.25, -0.2) is 15.0 Å². The van der Waals surface area contributed by atoms with Gasteiger partial charge in [0.2, 0.25) is 0 Å². The van der Waals surface area contributed by atoms with Gasteiger partial charge in [-0.05, 0) is 62.2 Å². The van der Waals surface area contributed by atoms with Crippen molar-refractivity contribution in [3.63, 3.8) is 0 Å². The van der Waals surface area contributed by atoms with Crippen LogP contribution in [0, 0.1) is 0 Å². The van der Waals surface area contributed by atoms with Crippen molar-refractivity contribution in [1.82, 2.24) is 15.0 Å². The van der Waals surface area contributed by atoms with E-state index >= 15 is 0 Å². The average Bonchev–Trinajstić information content (AvgIpc) is 3.96. The fourth-order valence-corrected chi connectivity index (χ4v) is 10.0. The van der Waals surface area contributed by atoms with Crippen LogP contribution in [0.4, 0.5) is 0 Å². The van der Waals surface area contributed by atoms with Crippen molar-refractivity contribution in [3.05, 3.63) is 232 Å². The number of benzene rings is 8. The zero-order valence-corrected chi connectivity index (χ0v) is 35.2. The molecule has 0 radical (unpaired) electrons. The van der Waals surface area contributed by atoms with Gasteiger partial charge in [-0.1, -0.05) is 178 Å². The highest BCUT2D eigenvalue weighted by Crippen LogP contribution is 2.50. The van der Waals surface area contributed by atoms with Gasteiger partial charge in [-0.3, -0.25) is 0 Å². The molecule has 0 fully saturated rings. The van der Waals surface area contributed by atoms with Crippen LogP contribution in [0.25, 0.3) is 66.1 Å². The number of aromatic nitrogens is 3. The van der Waals surface area contributed by atoms with Crippen LogP contribution in [-0.2, 0) is 31.1 Å². The summed E-state index contributed by atoms with van der Waals surface area (Å²) in [6.45, 7) is 4.67. The normalized spacial score (nSPS) is 13.0. The number of hydrogen-bond acceptors (Lipinski definition) is 5. The number of rotatable bonds is 9. The van der Waals surface area contributed by atoms with Crippen LogP contribution in [0.5, 0.6) is 0 Å². The first-order valence-corrected chi connectivity index (χ1v) is 21.8. The topological polar surface area (TPSA) is 65.0 Å². The van der Waals surface area contributed by atoms with Crippen molar-refractivity contribution in [2.24, 2.45) is 0 Å². The lowest BCUT2D eigenvalue weighted by atomic mass is 9.81. The molecule has 0 saturated carbocycles. The Morgan fingerprint density at radius 3 is 1.73 bits per heavy atom. The molecular weight excluding hydrogens is 771 g/mol. The molecule has 0 bridgehead atoms. The van der Waals surface area contributed by atoms with Crippen molar-refractivity contribution >= 4 is 43.9 Å². The highest BCUT2D eigenvalue weighted by Gasteiger charge is 2.35. The van der Waals surface area contributed by atoms with Crippen molar-refractivity contribution in [2.75, 3.05) is 0 Å². The maximum Gasteiger partial charge on any atom is 0.143 e. The first kappa shape index (κ1) is 37.2. The summed E-state index contributed by atoms with van der Waals surface area (Å²) in [6.07, 6.45) is 2.48. The molecule has 3 aromatic heterocycles. The molecular formula is C58H43N3O2. The predicted octanol–water partition coefficient (Wildman–Crippen LogP) is 14.0. The van der Waals surface area contributed by atoms with Gasteiger partial charge in [0.1, 0.15) is 39.8 Å². The lowest BCUT2D eigenvalue weighted by molar-refractivity contribution is 0.659. The van der Waals surface area contributed by atoms with Crippen molar-refractivity contribution in [3.8, 4) is 22.3 Å². The Bertz CT molecular complexity index is 3560. The van der Waals surface area contributed by atoms with Gasteiger partial charge in [0, 0.05) is 63.8 Å². The third kappa shape index (κ3) is 6.51. The lowest BCUT2D eigenvalue weighted by Crippen LogP contribution is -2.14. The van der Waals surface area contributed by atoms with Crippen LogP contribution >= 0.6 is 0 Å². The second-order valence-electron chi connectivity index (χ2n) is 17.5. The number of nitrogens with zero attached hydrogens (tertiary/aromatic N) is 3. The predicted molar refractivity (Wildman–Crippen MR) is 254 cm³/mol. The van der Waals surface area contributed by atoms with E-state index < -0.39 is 0 Å². The van der Waals surface area contributed by atoms with Crippen molar-refractivity contribution in [1.29, 1.82) is 0 Å². The van der Waals surface area contributed by atoms with E-state index in [0.29, 0.717) is 19.3 Å². The van der Waals surface area contributed by atoms with E-state index in [1.165, 1.54) is 33.4 Å². The fourth-order valence-electron chi connectivity index (χ4n) is 10.0. The van der Waals surface area contributed by atoms with E-state index in [9.17, 15) is 0 Å². The Morgan fingerprint density at radius 2 is 0.921 bits per heavy atom. The van der Waals surface area contributed by atoms with Gasteiger partial charge in [0.25, 0.3) is 0 Å². The summed E-state index contributed by atoms with van der Waals surface area (Å²) in [4.78, 5) is 15.2. The largest absolute Gasteiger partial charge is 0.456 e. The molecule has 5 heteroatoms. The molecule has 0 saturated heterocycles. The van der Waals surface area contributed by atoms with Gasteiger partial charge >= 0.3 is 0 Å². The van der Waals surface area contributed by atoms with Crippen LogP contribution < -0.4 is 0 Å². The Labute approximate surface area is 365 Å². The summed E-state index contributed by atoms with van der Waals surface area (Å²) in [7, 11) is 0. The van der Waals surface area contributed by atoms with Gasteiger partial charge in [0.15, 0.2) is 0 Å². The van der Waals surface area contributed by atoms with Crippen LogP contribution in [-0.4, -0.2) is 15.0 Å². The molecule has 3 heterocycles. The summed E-state index contributed by atoms with van der Waals surface area (Å²) in [5.74, 6) is 2.25. The number of fused-ring (bicyclic) bond motifs is 9. The summed E-state index contributed by atoms with van der Waals surface area (Å²) in [5.41, 5.74) is 17.0. The number of para-hydroxylation sites is 4. The van der Waals surface area contributed by atoms with E-state index in [1.54, 1.807) is 0 Å². The van der Waals surface area contributed by atoms with E-state index in [2.05, 4.69) is 172 Å². The Hall–Kier alpha value is -7.63. The van der Waals surface area contributed by atoms with Gasteiger partial charge in [-0.2, -0.15) is 0 Å². The molecule has 1 aliphatic rings. The third-order valence-electron chi connectivity index (χ3n) is 13.1. The zero-order valence-electron chi connectivity index (χ0n) is 35.2.